The summed E-state index contributed by atoms with van der Waals surface area (Å²) < 4.78 is 27.2. The van der Waals surface area contributed by atoms with Gasteiger partial charge in [-0.05, 0) is 49.3 Å². The number of para-hydroxylation sites is 1. The van der Waals surface area contributed by atoms with Crippen molar-refractivity contribution in [2.45, 2.75) is 52.2 Å². The van der Waals surface area contributed by atoms with E-state index < -0.39 is 10.0 Å². The third kappa shape index (κ3) is 5.29. The summed E-state index contributed by atoms with van der Waals surface area (Å²) in [6, 6.07) is 13.7. The Labute approximate surface area is 180 Å². The summed E-state index contributed by atoms with van der Waals surface area (Å²) in [6.07, 6.45) is 2.82. The number of carbonyl (C=O) groups is 1. The number of rotatable bonds is 7. The number of hydrogen-bond donors (Lipinski definition) is 1. The summed E-state index contributed by atoms with van der Waals surface area (Å²) in [5.41, 5.74) is 5.07. The Morgan fingerprint density at radius 3 is 2.20 bits per heavy atom. The summed E-state index contributed by atoms with van der Waals surface area (Å²) in [5, 5.41) is 3.14. The Balaban J connectivity index is 1.62. The van der Waals surface area contributed by atoms with Gasteiger partial charge in [-0.15, -0.1) is 0 Å². The van der Waals surface area contributed by atoms with Crippen molar-refractivity contribution < 1.29 is 13.2 Å². The third-order valence-corrected chi connectivity index (χ3v) is 7.75. The van der Waals surface area contributed by atoms with Gasteiger partial charge in [0.2, 0.25) is 15.9 Å². The van der Waals surface area contributed by atoms with Crippen LogP contribution in [0.1, 0.15) is 48.9 Å². The Kier molecular flexibility index (Phi) is 7.32. The average molecular weight is 429 g/mol. The number of sulfonamides is 1. The summed E-state index contributed by atoms with van der Waals surface area (Å²) in [5.74, 6) is -0.152. The predicted octanol–water partition coefficient (Wildman–Crippen LogP) is 4.30. The van der Waals surface area contributed by atoms with Crippen molar-refractivity contribution in [3.63, 3.8) is 0 Å². The van der Waals surface area contributed by atoms with Crippen LogP contribution in [-0.2, 0) is 33.4 Å². The molecule has 0 radical (unpaired) electrons. The molecule has 0 atom stereocenters. The highest BCUT2D eigenvalue weighted by Crippen LogP contribution is 2.27. The zero-order valence-electron chi connectivity index (χ0n) is 18.1. The highest BCUT2D eigenvalue weighted by atomic mass is 32.2. The van der Waals surface area contributed by atoms with Crippen LogP contribution in [0.5, 0.6) is 0 Å². The fourth-order valence-corrected chi connectivity index (χ4v) is 5.68. The monoisotopic (exact) mass is 428 g/mol. The molecule has 0 aromatic heterocycles. The van der Waals surface area contributed by atoms with Crippen LogP contribution in [-0.4, -0.2) is 31.7 Å². The molecule has 0 bridgehead atoms. The zero-order valence-corrected chi connectivity index (χ0v) is 19.0. The van der Waals surface area contributed by atoms with Gasteiger partial charge in [-0.1, -0.05) is 61.9 Å². The van der Waals surface area contributed by atoms with E-state index in [0.717, 1.165) is 40.8 Å². The predicted molar refractivity (Wildman–Crippen MR) is 122 cm³/mol. The molecule has 2 aromatic rings. The number of anilines is 1. The van der Waals surface area contributed by atoms with E-state index >= 15 is 0 Å². The molecule has 1 N–H and O–H groups in total. The second-order valence-corrected chi connectivity index (χ2v) is 10.0. The van der Waals surface area contributed by atoms with Gasteiger partial charge in [-0.3, -0.25) is 4.79 Å². The Morgan fingerprint density at radius 2 is 1.63 bits per heavy atom. The molecule has 30 heavy (non-hydrogen) atoms. The maximum absolute atomic E-state index is 12.9. The van der Waals surface area contributed by atoms with Crippen molar-refractivity contribution in [2.24, 2.45) is 5.92 Å². The van der Waals surface area contributed by atoms with Crippen LogP contribution in [0.3, 0.4) is 0 Å². The van der Waals surface area contributed by atoms with E-state index in [-0.39, 0.29) is 17.6 Å². The molecule has 1 heterocycles. The van der Waals surface area contributed by atoms with E-state index in [0.29, 0.717) is 25.9 Å². The van der Waals surface area contributed by atoms with Crippen LogP contribution < -0.4 is 5.32 Å². The molecule has 1 saturated heterocycles. The van der Waals surface area contributed by atoms with Gasteiger partial charge in [0.1, 0.15) is 0 Å². The first kappa shape index (κ1) is 22.5. The lowest BCUT2D eigenvalue weighted by Crippen LogP contribution is -2.42. The van der Waals surface area contributed by atoms with E-state index in [1.165, 1.54) is 4.31 Å². The Bertz CT molecular complexity index is 971. The van der Waals surface area contributed by atoms with Gasteiger partial charge in [0, 0.05) is 24.7 Å². The van der Waals surface area contributed by atoms with Crippen molar-refractivity contribution in [3.8, 4) is 0 Å². The van der Waals surface area contributed by atoms with Crippen LogP contribution in [0.2, 0.25) is 0 Å². The number of nitrogens with one attached hydrogen (secondary N) is 1. The lowest BCUT2D eigenvalue weighted by molar-refractivity contribution is -0.120. The lowest BCUT2D eigenvalue weighted by atomic mass is 9.96. The smallest absolute Gasteiger partial charge is 0.227 e. The van der Waals surface area contributed by atoms with Crippen LogP contribution in [0.25, 0.3) is 0 Å². The van der Waals surface area contributed by atoms with Gasteiger partial charge in [0.15, 0.2) is 0 Å². The molecule has 3 rings (SSSR count). The van der Waals surface area contributed by atoms with Gasteiger partial charge in [-0.25, -0.2) is 12.7 Å². The lowest BCUT2D eigenvalue weighted by Gasteiger charge is -2.31. The molecular weight excluding hydrogens is 396 g/mol. The first-order valence-electron chi connectivity index (χ1n) is 10.8. The highest BCUT2D eigenvalue weighted by molar-refractivity contribution is 7.88. The van der Waals surface area contributed by atoms with Crippen LogP contribution in [0.15, 0.2) is 42.5 Å². The van der Waals surface area contributed by atoms with Crippen molar-refractivity contribution >= 4 is 21.6 Å². The number of piperidine rings is 1. The molecule has 1 aliphatic rings. The first-order chi connectivity index (χ1) is 14.3. The number of aryl methyl sites for hydroxylation is 3. The van der Waals surface area contributed by atoms with Crippen LogP contribution in [0.4, 0.5) is 5.69 Å². The van der Waals surface area contributed by atoms with Crippen molar-refractivity contribution in [3.05, 3.63) is 64.7 Å². The minimum atomic E-state index is -3.38. The highest BCUT2D eigenvalue weighted by Gasteiger charge is 2.31. The number of hydrogen-bond acceptors (Lipinski definition) is 3. The summed E-state index contributed by atoms with van der Waals surface area (Å²) >= 11 is 0. The van der Waals surface area contributed by atoms with Gasteiger partial charge >= 0.3 is 0 Å². The molecule has 2 aromatic carbocycles. The fourth-order valence-electron chi connectivity index (χ4n) is 4.13. The van der Waals surface area contributed by atoms with Crippen molar-refractivity contribution in [1.82, 2.24) is 4.31 Å². The molecule has 5 nitrogen and oxygen atoms in total. The summed E-state index contributed by atoms with van der Waals surface area (Å²) in [7, 11) is -3.38. The van der Waals surface area contributed by atoms with Gasteiger partial charge in [-0.2, -0.15) is 0 Å². The van der Waals surface area contributed by atoms with Crippen molar-refractivity contribution in [1.29, 1.82) is 0 Å². The second-order valence-electron chi connectivity index (χ2n) is 8.07. The number of benzene rings is 2. The molecule has 6 heteroatoms. The Hall–Kier alpha value is -2.18. The third-order valence-electron chi connectivity index (χ3n) is 5.90. The Morgan fingerprint density at radius 1 is 1.03 bits per heavy atom. The quantitative estimate of drug-likeness (QED) is 0.715. The van der Waals surface area contributed by atoms with E-state index in [2.05, 4.69) is 31.3 Å². The van der Waals surface area contributed by atoms with Crippen molar-refractivity contribution in [2.75, 3.05) is 18.4 Å². The van der Waals surface area contributed by atoms with E-state index in [9.17, 15) is 13.2 Å². The topological polar surface area (TPSA) is 66.5 Å². The molecule has 1 fully saturated rings. The SMILES string of the molecule is CCc1cccc(CC)c1NC(=O)C1CCN(S(=O)(=O)Cc2cccc(C)c2)CC1. The standard InChI is InChI=1S/C24H32N2O3S/c1-4-20-10-7-11-21(5-2)23(20)25-24(27)22-12-14-26(15-13-22)30(28,29)17-19-9-6-8-18(3)16-19/h6-11,16,22H,4-5,12-15,17H2,1-3H3,(H,25,27). The van der Waals surface area contributed by atoms with Crippen LogP contribution >= 0.6 is 0 Å². The van der Waals surface area contributed by atoms with Gasteiger partial charge in [0.05, 0.1) is 5.75 Å². The molecule has 0 spiro atoms. The van der Waals surface area contributed by atoms with E-state index in [4.69, 9.17) is 0 Å². The molecule has 0 aliphatic carbocycles. The molecule has 162 valence electrons. The average Bonchev–Trinajstić information content (AvgIpc) is 2.73. The normalized spacial score (nSPS) is 15.8. The minimum absolute atomic E-state index is 0.00123. The second kappa shape index (κ2) is 9.75. The minimum Gasteiger partial charge on any atom is -0.325 e. The number of carbonyl (C=O) groups excluding carboxylic acids is 1. The zero-order chi connectivity index (χ0) is 21.7. The number of nitrogens with zero attached hydrogens (tertiary/aromatic N) is 1. The maximum atomic E-state index is 12.9. The van der Waals surface area contributed by atoms with Crippen LogP contribution in [0, 0.1) is 12.8 Å². The van der Waals surface area contributed by atoms with Gasteiger partial charge in [0.25, 0.3) is 0 Å². The summed E-state index contributed by atoms with van der Waals surface area (Å²) in [6.45, 7) is 6.91. The van der Waals surface area contributed by atoms with E-state index in [1.54, 1.807) is 0 Å². The fraction of sp³-hybridized carbons (Fsp3) is 0.458. The molecule has 1 amide bonds. The molecule has 0 unspecified atom stereocenters. The largest absolute Gasteiger partial charge is 0.325 e. The number of amides is 1. The maximum Gasteiger partial charge on any atom is 0.227 e. The van der Waals surface area contributed by atoms with Gasteiger partial charge < -0.3 is 5.32 Å². The molecule has 1 aliphatic heterocycles. The first-order valence-corrected chi connectivity index (χ1v) is 12.4. The van der Waals surface area contributed by atoms with E-state index in [1.807, 2.05) is 37.3 Å². The molecular formula is C24H32N2O3S. The molecule has 0 saturated carbocycles. The summed E-state index contributed by atoms with van der Waals surface area (Å²) in [4.78, 5) is 12.9.